The number of hydrogen-bond acceptors (Lipinski definition) is 5. The molecular weight excluding hydrogens is 258 g/mol. The van der Waals surface area contributed by atoms with Crippen LogP contribution in [-0.2, 0) is 0 Å². The van der Waals surface area contributed by atoms with Crippen molar-refractivity contribution in [2.24, 2.45) is 5.73 Å². The second-order valence-electron chi connectivity index (χ2n) is 4.60. The van der Waals surface area contributed by atoms with Crippen molar-refractivity contribution < 1.29 is 18.6 Å². The van der Waals surface area contributed by atoms with Crippen LogP contribution >= 0.6 is 0 Å². The molecule has 2 N–H and O–H groups in total. The fraction of sp³-hybridized carbons (Fsp3) is 0.467. The average molecular weight is 279 g/mol. The van der Waals surface area contributed by atoms with Crippen LogP contribution in [0.1, 0.15) is 31.6 Å². The van der Waals surface area contributed by atoms with Crippen LogP contribution in [0.2, 0.25) is 0 Å². The molecule has 0 spiro atoms. The zero-order chi connectivity index (χ0) is 14.7. The predicted octanol–water partition coefficient (Wildman–Crippen LogP) is 3.26. The molecule has 1 heterocycles. The Balaban J connectivity index is 2.61. The number of nitrogens with two attached hydrogens (primary N) is 1. The average Bonchev–Trinajstić information content (AvgIpc) is 2.88. The molecule has 5 heteroatoms. The third-order valence-corrected chi connectivity index (χ3v) is 3.31. The predicted molar refractivity (Wildman–Crippen MR) is 77.7 cm³/mol. The minimum Gasteiger partial charge on any atom is -0.493 e. The summed E-state index contributed by atoms with van der Waals surface area (Å²) in [6.07, 6.45) is 1.87. The third-order valence-electron chi connectivity index (χ3n) is 3.31. The number of methoxy groups -OCH3 is 3. The summed E-state index contributed by atoms with van der Waals surface area (Å²) in [5.41, 5.74) is 6.79. The Labute approximate surface area is 118 Å². The summed E-state index contributed by atoms with van der Waals surface area (Å²) in [6.45, 7) is 2.09. The molecule has 5 nitrogen and oxygen atoms in total. The van der Waals surface area contributed by atoms with E-state index in [1.165, 1.54) is 0 Å². The number of furan rings is 1. The maximum absolute atomic E-state index is 6.10. The molecule has 1 atom stereocenters. The highest BCUT2D eigenvalue weighted by Crippen LogP contribution is 2.44. The Morgan fingerprint density at radius 2 is 1.80 bits per heavy atom. The van der Waals surface area contributed by atoms with Crippen molar-refractivity contribution in [2.45, 2.75) is 25.8 Å². The van der Waals surface area contributed by atoms with Gasteiger partial charge >= 0.3 is 0 Å². The maximum atomic E-state index is 6.10. The van der Waals surface area contributed by atoms with Crippen molar-refractivity contribution in [3.8, 4) is 17.2 Å². The van der Waals surface area contributed by atoms with Crippen LogP contribution in [0.3, 0.4) is 0 Å². The summed E-state index contributed by atoms with van der Waals surface area (Å²) in [5, 5.41) is 0.840. The molecule has 1 aromatic carbocycles. The van der Waals surface area contributed by atoms with Crippen LogP contribution in [0, 0.1) is 0 Å². The monoisotopic (exact) mass is 279 g/mol. The van der Waals surface area contributed by atoms with Crippen LogP contribution in [0.5, 0.6) is 17.2 Å². The second-order valence-corrected chi connectivity index (χ2v) is 4.60. The van der Waals surface area contributed by atoms with Gasteiger partial charge < -0.3 is 24.4 Å². The topological polar surface area (TPSA) is 66.9 Å². The lowest BCUT2D eigenvalue weighted by atomic mass is 10.1. The van der Waals surface area contributed by atoms with Gasteiger partial charge in [-0.1, -0.05) is 13.3 Å². The van der Waals surface area contributed by atoms with Crippen LogP contribution in [0.25, 0.3) is 11.0 Å². The Kier molecular flexibility index (Phi) is 4.39. The SMILES string of the molecule is CCCC(N)c1cc2c(OC)c(OC)c(OC)cc2o1. The first kappa shape index (κ1) is 14.5. The van der Waals surface area contributed by atoms with Crippen LogP contribution in [0.15, 0.2) is 16.5 Å². The van der Waals surface area contributed by atoms with Gasteiger partial charge in [-0.3, -0.25) is 0 Å². The Morgan fingerprint density at radius 3 is 2.35 bits per heavy atom. The molecule has 0 aliphatic heterocycles. The van der Waals surface area contributed by atoms with Crippen molar-refractivity contribution in [1.29, 1.82) is 0 Å². The normalized spacial score (nSPS) is 12.4. The molecule has 110 valence electrons. The molecule has 0 fully saturated rings. The van der Waals surface area contributed by atoms with Gasteiger partial charge in [-0.25, -0.2) is 0 Å². The Bertz CT molecular complexity index is 591. The largest absolute Gasteiger partial charge is 0.493 e. The maximum Gasteiger partial charge on any atom is 0.204 e. The lowest BCUT2D eigenvalue weighted by molar-refractivity contribution is 0.326. The minimum atomic E-state index is -0.117. The Morgan fingerprint density at radius 1 is 1.10 bits per heavy atom. The summed E-state index contributed by atoms with van der Waals surface area (Å²) in [4.78, 5) is 0. The number of fused-ring (bicyclic) bond motifs is 1. The summed E-state index contributed by atoms with van der Waals surface area (Å²) in [5.74, 6) is 2.47. The van der Waals surface area contributed by atoms with E-state index in [2.05, 4.69) is 6.92 Å². The van der Waals surface area contributed by atoms with E-state index >= 15 is 0 Å². The van der Waals surface area contributed by atoms with E-state index in [-0.39, 0.29) is 6.04 Å². The van der Waals surface area contributed by atoms with Gasteiger partial charge in [-0.2, -0.15) is 0 Å². The number of hydrogen-bond donors (Lipinski definition) is 1. The van der Waals surface area contributed by atoms with Gasteiger partial charge in [-0.05, 0) is 12.5 Å². The molecular formula is C15H21NO4. The van der Waals surface area contributed by atoms with Crippen LogP contribution in [0.4, 0.5) is 0 Å². The van der Waals surface area contributed by atoms with E-state index in [0.717, 1.165) is 24.0 Å². The number of ether oxygens (including phenoxy) is 3. The van der Waals surface area contributed by atoms with E-state index in [9.17, 15) is 0 Å². The van der Waals surface area contributed by atoms with Crippen molar-refractivity contribution in [3.05, 3.63) is 17.9 Å². The van der Waals surface area contributed by atoms with E-state index in [1.54, 1.807) is 27.4 Å². The lowest BCUT2D eigenvalue weighted by Gasteiger charge is -2.12. The summed E-state index contributed by atoms with van der Waals surface area (Å²) in [6, 6.07) is 3.59. The van der Waals surface area contributed by atoms with Crippen LogP contribution < -0.4 is 19.9 Å². The van der Waals surface area contributed by atoms with Gasteiger partial charge in [0.1, 0.15) is 11.3 Å². The zero-order valence-corrected chi connectivity index (χ0v) is 12.4. The summed E-state index contributed by atoms with van der Waals surface area (Å²) < 4.78 is 21.9. The first-order chi connectivity index (χ1) is 9.65. The van der Waals surface area contributed by atoms with E-state index in [0.29, 0.717) is 22.8 Å². The Hall–Kier alpha value is -1.88. The van der Waals surface area contributed by atoms with E-state index < -0.39 is 0 Å². The standard InChI is InChI=1S/C15H21NO4/c1-5-6-10(16)12-7-9-11(20-12)8-13(17-2)15(19-4)14(9)18-3/h7-8,10H,5-6,16H2,1-4H3. The first-order valence-electron chi connectivity index (χ1n) is 6.64. The lowest BCUT2D eigenvalue weighted by Crippen LogP contribution is -2.08. The molecule has 0 aliphatic rings. The number of benzene rings is 1. The molecule has 0 bridgehead atoms. The van der Waals surface area contributed by atoms with Gasteiger partial charge in [0.2, 0.25) is 5.75 Å². The zero-order valence-electron chi connectivity index (χ0n) is 12.4. The van der Waals surface area contributed by atoms with Crippen LogP contribution in [-0.4, -0.2) is 21.3 Å². The molecule has 0 aliphatic carbocycles. The molecule has 0 saturated heterocycles. The summed E-state index contributed by atoms with van der Waals surface area (Å²) in [7, 11) is 4.75. The fourth-order valence-corrected chi connectivity index (χ4v) is 2.31. The highest BCUT2D eigenvalue weighted by atomic mass is 16.5. The molecule has 1 aromatic heterocycles. The highest BCUT2D eigenvalue weighted by Gasteiger charge is 2.20. The van der Waals surface area contributed by atoms with Crippen molar-refractivity contribution in [2.75, 3.05) is 21.3 Å². The van der Waals surface area contributed by atoms with Gasteiger partial charge in [0.25, 0.3) is 0 Å². The quantitative estimate of drug-likeness (QED) is 0.879. The smallest absolute Gasteiger partial charge is 0.204 e. The second kappa shape index (κ2) is 6.05. The molecule has 1 unspecified atom stereocenters. The summed E-state index contributed by atoms with van der Waals surface area (Å²) >= 11 is 0. The molecule has 0 radical (unpaired) electrons. The van der Waals surface area contributed by atoms with Gasteiger partial charge in [0.15, 0.2) is 11.5 Å². The van der Waals surface area contributed by atoms with Gasteiger partial charge in [0.05, 0.1) is 32.8 Å². The molecule has 20 heavy (non-hydrogen) atoms. The molecule has 2 aromatic rings. The first-order valence-corrected chi connectivity index (χ1v) is 6.64. The highest BCUT2D eigenvalue weighted by molar-refractivity contribution is 5.90. The van der Waals surface area contributed by atoms with Crippen molar-refractivity contribution >= 4 is 11.0 Å². The fourth-order valence-electron chi connectivity index (χ4n) is 2.31. The third kappa shape index (κ3) is 2.41. The number of rotatable bonds is 6. The van der Waals surface area contributed by atoms with Crippen molar-refractivity contribution in [1.82, 2.24) is 0 Å². The molecule has 2 rings (SSSR count). The van der Waals surface area contributed by atoms with E-state index in [1.807, 2.05) is 6.07 Å². The molecule has 0 saturated carbocycles. The van der Waals surface area contributed by atoms with Gasteiger partial charge in [0, 0.05) is 6.07 Å². The van der Waals surface area contributed by atoms with Crippen molar-refractivity contribution in [3.63, 3.8) is 0 Å². The minimum absolute atomic E-state index is 0.117. The van der Waals surface area contributed by atoms with E-state index in [4.69, 9.17) is 24.4 Å². The molecule has 0 amide bonds. The van der Waals surface area contributed by atoms with Gasteiger partial charge in [-0.15, -0.1) is 0 Å².